The zero-order chi connectivity index (χ0) is 18.1. The van der Waals surface area contributed by atoms with Gasteiger partial charge in [0.1, 0.15) is 5.52 Å². The van der Waals surface area contributed by atoms with Crippen LogP contribution in [0.3, 0.4) is 0 Å². The van der Waals surface area contributed by atoms with Crippen molar-refractivity contribution < 1.29 is 14.3 Å². The van der Waals surface area contributed by atoms with Crippen LogP contribution in [0.4, 0.5) is 5.95 Å². The lowest BCUT2D eigenvalue weighted by Crippen LogP contribution is -2.15. The quantitative estimate of drug-likeness (QED) is 0.587. The lowest BCUT2D eigenvalue weighted by molar-refractivity contribution is 0.102. The maximum absolute atomic E-state index is 12.5. The molecule has 2 heterocycles. The topological polar surface area (TPSA) is 102 Å². The normalized spacial score (nSPS) is 10.8. The third-order valence-corrected chi connectivity index (χ3v) is 3.99. The monoisotopic (exact) mass is 349 g/mol. The Balaban J connectivity index is 1.64. The van der Waals surface area contributed by atoms with Crippen molar-refractivity contribution in [1.29, 1.82) is 0 Å². The lowest BCUT2D eigenvalue weighted by atomic mass is 10.2. The van der Waals surface area contributed by atoms with E-state index in [2.05, 4.69) is 25.5 Å². The van der Waals surface area contributed by atoms with E-state index >= 15 is 0 Å². The Labute approximate surface area is 148 Å². The fourth-order valence-electron chi connectivity index (χ4n) is 2.72. The van der Waals surface area contributed by atoms with Gasteiger partial charge in [0.25, 0.3) is 11.9 Å². The van der Waals surface area contributed by atoms with Gasteiger partial charge in [0, 0.05) is 16.5 Å². The minimum absolute atomic E-state index is 0.115. The fraction of sp³-hybridized carbons (Fsp3) is 0.111. The van der Waals surface area contributed by atoms with Crippen LogP contribution in [0.2, 0.25) is 0 Å². The third-order valence-electron chi connectivity index (χ3n) is 3.99. The van der Waals surface area contributed by atoms with E-state index in [1.54, 1.807) is 18.2 Å². The molecule has 1 amide bonds. The molecule has 0 aliphatic rings. The van der Waals surface area contributed by atoms with Crippen LogP contribution in [0.1, 0.15) is 10.4 Å². The van der Waals surface area contributed by atoms with E-state index in [1.807, 2.05) is 24.3 Å². The van der Waals surface area contributed by atoms with Gasteiger partial charge in [0.2, 0.25) is 0 Å². The van der Waals surface area contributed by atoms with Gasteiger partial charge >= 0.3 is 0 Å². The molecule has 0 bridgehead atoms. The van der Waals surface area contributed by atoms with Gasteiger partial charge in [-0.05, 0) is 24.3 Å². The molecule has 0 aliphatic heterocycles. The second-order valence-corrected chi connectivity index (χ2v) is 5.53. The van der Waals surface area contributed by atoms with Crippen molar-refractivity contribution in [3.63, 3.8) is 0 Å². The average molecular weight is 349 g/mol. The summed E-state index contributed by atoms with van der Waals surface area (Å²) < 4.78 is 10.4. The largest absolute Gasteiger partial charge is 0.493 e. The molecule has 2 aromatic carbocycles. The predicted molar refractivity (Wildman–Crippen MR) is 96.7 cm³/mol. The van der Waals surface area contributed by atoms with Gasteiger partial charge in [-0.3, -0.25) is 10.1 Å². The highest BCUT2D eigenvalue weighted by Crippen LogP contribution is 2.28. The van der Waals surface area contributed by atoms with Crippen LogP contribution in [0.25, 0.3) is 22.1 Å². The van der Waals surface area contributed by atoms with Crippen molar-refractivity contribution in [2.45, 2.75) is 0 Å². The molecule has 4 aromatic rings. The summed E-state index contributed by atoms with van der Waals surface area (Å²) in [6.45, 7) is 0. The number of anilines is 1. The molecule has 0 radical (unpaired) electrons. The minimum atomic E-state index is -0.372. The van der Waals surface area contributed by atoms with Gasteiger partial charge in [0.15, 0.2) is 17.1 Å². The van der Waals surface area contributed by atoms with Crippen LogP contribution >= 0.6 is 0 Å². The Kier molecular flexibility index (Phi) is 3.85. The number of amides is 1. The molecule has 4 rings (SSSR count). The average Bonchev–Trinajstić information content (AvgIpc) is 3.05. The number of H-pyrrole nitrogens is 1. The Hall–Kier alpha value is -3.68. The van der Waals surface area contributed by atoms with E-state index in [1.165, 1.54) is 14.2 Å². The van der Waals surface area contributed by atoms with E-state index in [-0.39, 0.29) is 11.9 Å². The molecule has 2 aromatic heterocycles. The standard InChI is InChI=1S/C18H15N5O3/c1-25-13-8-7-10(9-14(13)26-2)17(24)21-18-20-16-15(22-23-18)11-5-3-4-6-12(11)19-16/h3-9H,1-2H3,(H2,19,20,21,23,24). The van der Waals surface area contributed by atoms with Crippen molar-refractivity contribution in [3.05, 3.63) is 48.0 Å². The first kappa shape index (κ1) is 15.8. The first-order chi connectivity index (χ1) is 12.7. The summed E-state index contributed by atoms with van der Waals surface area (Å²) in [6, 6.07) is 12.6. The molecule has 0 atom stereocenters. The summed E-state index contributed by atoms with van der Waals surface area (Å²) in [7, 11) is 3.04. The molecular weight excluding hydrogens is 334 g/mol. The van der Waals surface area contributed by atoms with Crippen molar-refractivity contribution in [2.24, 2.45) is 0 Å². The number of hydrogen-bond donors (Lipinski definition) is 2. The fourth-order valence-corrected chi connectivity index (χ4v) is 2.72. The van der Waals surface area contributed by atoms with Crippen LogP contribution in [0.5, 0.6) is 11.5 Å². The predicted octanol–water partition coefficient (Wildman–Crippen LogP) is 2.78. The third kappa shape index (κ3) is 2.67. The number of fused-ring (bicyclic) bond motifs is 3. The van der Waals surface area contributed by atoms with Crippen molar-refractivity contribution in [3.8, 4) is 11.5 Å². The van der Waals surface area contributed by atoms with Crippen LogP contribution in [0.15, 0.2) is 42.5 Å². The lowest BCUT2D eigenvalue weighted by Gasteiger charge is -2.09. The van der Waals surface area contributed by atoms with Gasteiger partial charge < -0.3 is 14.5 Å². The summed E-state index contributed by atoms with van der Waals surface area (Å²) in [5, 5.41) is 11.8. The number of para-hydroxylation sites is 1. The molecule has 26 heavy (non-hydrogen) atoms. The zero-order valence-corrected chi connectivity index (χ0v) is 14.1. The number of nitrogens with one attached hydrogen (secondary N) is 2. The highest BCUT2D eigenvalue weighted by molar-refractivity contribution is 6.05. The first-order valence-electron chi connectivity index (χ1n) is 7.84. The number of rotatable bonds is 4. The highest BCUT2D eigenvalue weighted by atomic mass is 16.5. The molecule has 0 fully saturated rings. The molecule has 0 aliphatic carbocycles. The number of carbonyl (C=O) groups is 1. The van der Waals surface area contributed by atoms with E-state index in [4.69, 9.17) is 9.47 Å². The summed E-state index contributed by atoms with van der Waals surface area (Å²) >= 11 is 0. The summed E-state index contributed by atoms with van der Waals surface area (Å²) in [4.78, 5) is 20.0. The maximum Gasteiger partial charge on any atom is 0.258 e. The first-order valence-corrected chi connectivity index (χ1v) is 7.84. The minimum Gasteiger partial charge on any atom is -0.493 e. The number of ether oxygens (including phenoxy) is 2. The SMILES string of the molecule is COc1ccc(C(=O)Nc2nnc3c(n2)[nH]c2ccccc23)cc1OC. The molecule has 130 valence electrons. The van der Waals surface area contributed by atoms with Crippen molar-refractivity contribution in [2.75, 3.05) is 19.5 Å². The number of carbonyl (C=O) groups excluding carboxylic acids is 1. The van der Waals surface area contributed by atoms with Crippen LogP contribution in [-0.2, 0) is 0 Å². The smallest absolute Gasteiger partial charge is 0.258 e. The van der Waals surface area contributed by atoms with Gasteiger partial charge in [0.05, 0.1) is 14.2 Å². The van der Waals surface area contributed by atoms with Gasteiger partial charge in [-0.1, -0.05) is 18.2 Å². The second-order valence-electron chi connectivity index (χ2n) is 5.53. The molecular formula is C18H15N5O3. The number of aromatic amines is 1. The maximum atomic E-state index is 12.5. The van der Waals surface area contributed by atoms with Crippen molar-refractivity contribution >= 4 is 33.9 Å². The van der Waals surface area contributed by atoms with Crippen LogP contribution < -0.4 is 14.8 Å². The Morgan fingerprint density at radius 2 is 1.85 bits per heavy atom. The van der Waals surface area contributed by atoms with E-state index < -0.39 is 0 Å². The molecule has 0 saturated carbocycles. The summed E-state index contributed by atoms with van der Waals surface area (Å²) in [6.07, 6.45) is 0. The van der Waals surface area contributed by atoms with E-state index in [0.717, 1.165) is 10.9 Å². The Bertz CT molecular complexity index is 1120. The van der Waals surface area contributed by atoms with Gasteiger partial charge in [-0.15, -0.1) is 10.2 Å². The number of benzene rings is 2. The number of aromatic nitrogens is 4. The molecule has 8 heteroatoms. The Morgan fingerprint density at radius 3 is 2.65 bits per heavy atom. The molecule has 2 N–H and O–H groups in total. The number of hydrogen-bond acceptors (Lipinski definition) is 6. The number of methoxy groups -OCH3 is 2. The zero-order valence-electron chi connectivity index (χ0n) is 14.1. The number of nitrogens with zero attached hydrogens (tertiary/aromatic N) is 3. The molecule has 0 unspecified atom stereocenters. The molecule has 0 saturated heterocycles. The van der Waals surface area contributed by atoms with Gasteiger partial charge in [-0.25, -0.2) is 0 Å². The van der Waals surface area contributed by atoms with Crippen LogP contribution in [-0.4, -0.2) is 40.3 Å². The second kappa shape index (κ2) is 6.32. The van der Waals surface area contributed by atoms with E-state index in [0.29, 0.717) is 28.2 Å². The summed E-state index contributed by atoms with van der Waals surface area (Å²) in [5.41, 5.74) is 2.52. The van der Waals surface area contributed by atoms with E-state index in [9.17, 15) is 4.79 Å². The van der Waals surface area contributed by atoms with Crippen molar-refractivity contribution in [1.82, 2.24) is 20.2 Å². The summed E-state index contributed by atoms with van der Waals surface area (Å²) in [5.74, 6) is 0.749. The van der Waals surface area contributed by atoms with Gasteiger partial charge in [-0.2, -0.15) is 4.98 Å². The molecule has 0 spiro atoms. The Morgan fingerprint density at radius 1 is 1.04 bits per heavy atom. The van der Waals surface area contributed by atoms with Crippen LogP contribution in [0, 0.1) is 0 Å². The highest BCUT2D eigenvalue weighted by Gasteiger charge is 2.14. The molecule has 8 nitrogen and oxygen atoms in total.